The van der Waals surface area contributed by atoms with Gasteiger partial charge in [0.2, 0.25) is 5.90 Å². The maximum atomic E-state index is 12.0. The molecule has 4 aliphatic heterocycles. The molecule has 1 aromatic rings. The van der Waals surface area contributed by atoms with E-state index in [-0.39, 0.29) is 23.6 Å². The average molecular weight is 238 g/mol. The van der Waals surface area contributed by atoms with E-state index in [1.807, 2.05) is 0 Å². The Kier molecular flexibility index (Phi) is 1.37. The average Bonchev–Trinajstić information content (AvgIpc) is 3.12. The summed E-state index contributed by atoms with van der Waals surface area (Å²) in [6, 6.07) is -0.406. The van der Waals surface area contributed by atoms with Gasteiger partial charge in [0.15, 0.2) is 12.2 Å². The molecule has 0 saturated carbocycles. The van der Waals surface area contributed by atoms with E-state index in [0.717, 1.165) is 4.57 Å². The standard InChI is InChI=1S/C9H10N4O4/c1-11-8(14)12-3-4-5(17-4)6(10-7(3)16-2)13(12)9(11)15/h3-6H,1-2H3. The van der Waals surface area contributed by atoms with Gasteiger partial charge in [0, 0.05) is 7.05 Å². The fourth-order valence-corrected chi connectivity index (χ4v) is 2.73. The third kappa shape index (κ3) is 0.834. The van der Waals surface area contributed by atoms with Crippen molar-refractivity contribution >= 4 is 5.90 Å². The number of aromatic nitrogens is 3. The zero-order valence-electron chi connectivity index (χ0n) is 9.23. The molecule has 1 saturated heterocycles. The number of nitrogens with zero attached hydrogens (tertiary/aromatic N) is 4. The Bertz CT molecular complexity index is 666. The molecule has 17 heavy (non-hydrogen) atoms. The summed E-state index contributed by atoms with van der Waals surface area (Å²) < 4.78 is 14.5. The monoisotopic (exact) mass is 238 g/mol. The molecule has 0 N–H and O–H groups in total. The van der Waals surface area contributed by atoms with Gasteiger partial charge in [0.1, 0.15) is 12.2 Å². The highest BCUT2D eigenvalue weighted by Gasteiger charge is 2.62. The first-order valence-corrected chi connectivity index (χ1v) is 5.32. The molecule has 4 unspecified atom stereocenters. The van der Waals surface area contributed by atoms with Gasteiger partial charge in [-0.05, 0) is 0 Å². The second kappa shape index (κ2) is 2.53. The SMILES string of the molecule is COC1=NC2C3OC3C1n1c(=O)n(C)c(=O)n12. The lowest BCUT2D eigenvalue weighted by atomic mass is 10.0. The Balaban J connectivity index is 2.07. The molecular weight excluding hydrogens is 228 g/mol. The molecule has 0 radical (unpaired) electrons. The lowest BCUT2D eigenvalue weighted by Gasteiger charge is -2.31. The van der Waals surface area contributed by atoms with E-state index >= 15 is 0 Å². The summed E-state index contributed by atoms with van der Waals surface area (Å²) >= 11 is 0. The van der Waals surface area contributed by atoms with Crippen LogP contribution in [-0.4, -0.2) is 39.1 Å². The highest BCUT2D eigenvalue weighted by atomic mass is 16.6. The topological polar surface area (TPSA) is 83.1 Å². The fourth-order valence-electron chi connectivity index (χ4n) is 2.73. The molecule has 5 rings (SSSR count). The second-order valence-electron chi connectivity index (χ2n) is 4.41. The molecule has 5 heterocycles. The summed E-state index contributed by atoms with van der Waals surface area (Å²) in [6.45, 7) is 0. The molecule has 2 bridgehead atoms. The minimum atomic E-state index is -0.471. The lowest BCUT2D eigenvalue weighted by Crippen LogP contribution is -2.49. The zero-order valence-corrected chi connectivity index (χ0v) is 9.23. The van der Waals surface area contributed by atoms with Crippen molar-refractivity contribution < 1.29 is 9.47 Å². The van der Waals surface area contributed by atoms with Crippen LogP contribution in [0.15, 0.2) is 14.6 Å². The number of methoxy groups -OCH3 is 1. The summed E-state index contributed by atoms with van der Waals surface area (Å²) in [4.78, 5) is 28.2. The van der Waals surface area contributed by atoms with Gasteiger partial charge in [-0.25, -0.2) is 28.5 Å². The molecular formula is C9H10N4O4. The van der Waals surface area contributed by atoms with Gasteiger partial charge in [0.05, 0.1) is 7.11 Å². The van der Waals surface area contributed by atoms with Crippen LogP contribution >= 0.6 is 0 Å². The number of aliphatic imine (C=N–C) groups is 1. The highest BCUT2D eigenvalue weighted by molar-refractivity contribution is 5.83. The number of hydrogen-bond donors (Lipinski definition) is 0. The summed E-state index contributed by atoms with van der Waals surface area (Å²) in [5.41, 5.74) is -0.721. The molecule has 8 nitrogen and oxygen atoms in total. The van der Waals surface area contributed by atoms with E-state index in [9.17, 15) is 9.59 Å². The Morgan fingerprint density at radius 1 is 1.24 bits per heavy atom. The number of ether oxygens (including phenoxy) is 2. The highest BCUT2D eigenvalue weighted by Crippen LogP contribution is 2.48. The molecule has 1 fully saturated rings. The summed E-state index contributed by atoms with van der Waals surface area (Å²) in [5, 5.41) is 0. The van der Waals surface area contributed by atoms with Crippen molar-refractivity contribution in [3.63, 3.8) is 0 Å². The Morgan fingerprint density at radius 3 is 2.65 bits per heavy atom. The van der Waals surface area contributed by atoms with Crippen molar-refractivity contribution in [1.82, 2.24) is 13.9 Å². The molecule has 0 aromatic carbocycles. The first-order valence-electron chi connectivity index (χ1n) is 5.32. The molecule has 8 heteroatoms. The van der Waals surface area contributed by atoms with Crippen LogP contribution in [-0.2, 0) is 16.5 Å². The van der Waals surface area contributed by atoms with Gasteiger partial charge in [-0.15, -0.1) is 0 Å². The first-order chi connectivity index (χ1) is 8.15. The van der Waals surface area contributed by atoms with Gasteiger partial charge in [-0.3, -0.25) is 0 Å². The van der Waals surface area contributed by atoms with E-state index in [4.69, 9.17) is 9.47 Å². The second-order valence-corrected chi connectivity index (χ2v) is 4.41. The largest absolute Gasteiger partial charge is 0.483 e. The molecule has 90 valence electrons. The summed E-state index contributed by atoms with van der Waals surface area (Å²) in [6.07, 6.45) is -0.660. The van der Waals surface area contributed by atoms with E-state index in [0.29, 0.717) is 5.90 Å². The number of epoxide rings is 1. The van der Waals surface area contributed by atoms with Crippen LogP contribution < -0.4 is 11.4 Å². The predicted molar refractivity (Wildman–Crippen MR) is 55.1 cm³/mol. The van der Waals surface area contributed by atoms with Crippen molar-refractivity contribution in [1.29, 1.82) is 0 Å². The first kappa shape index (κ1) is 9.23. The van der Waals surface area contributed by atoms with Gasteiger partial charge < -0.3 is 9.47 Å². The van der Waals surface area contributed by atoms with Crippen LogP contribution in [0.25, 0.3) is 0 Å². The third-order valence-electron chi connectivity index (χ3n) is 3.60. The fraction of sp³-hybridized carbons (Fsp3) is 0.667. The third-order valence-corrected chi connectivity index (χ3v) is 3.60. The predicted octanol–water partition coefficient (Wildman–Crippen LogP) is -1.77. The molecule has 1 aromatic heterocycles. The molecule has 0 spiro atoms. The van der Waals surface area contributed by atoms with Gasteiger partial charge in [-0.2, -0.15) is 0 Å². The Morgan fingerprint density at radius 2 is 1.94 bits per heavy atom. The van der Waals surface area contributed by atoms with Crippen LogP contribution in [0.3, 0.4) is 0 Å². The van der Waals surface area contributed by atoms with Crippen LogP contribution in [0.2, 0.25) is 0 Å². The Hall–Kier alpha value is -1.83. The van der Waals surface area contributed by atoms with E-state index in [2.05, 4.69) is 4.99 Å². The van der Waals surface area contributed by atoms with Crippen molar-refractivity contribution in [2.75, 3.05) is 7.11 Å². The number of hydrogen-bond acceptors (Lipinski definition) is 5. The van der Waals surface area contributed by atoms with Crippen molar-refractivity contribution in [3.8, 4) is 0 Å². The lowest BCUT2D eigenvalue weighted by molar-refractivity contribution is 0.229. The van der Waals surface area contributed by atoms with E-state index in [1.54, 1.807) is 0 Å². The van der Waals surface area contributed by atoms with Crippen molar-refractivity contribution in [2.45, 2.75) is 24.4 Å². The van der Waals surface area contributed by atoms with Crippen LogP contribution in [0.1, 0.15) is 12.2 Å². The number of rotatable bonds is 0. The zero-order chi connectivity index (χ0) is 11.9. The van der Waals surface area contributed by atoms with Gasteiger partial charge in [0.25, 0.3) is 0 Å². The summed E-state index contributed by atoms with van der Waals surface area (Å²) in [5.74, 6) is 0.460. The van der Waals surface area contributed by atoms with E-state index < -0.39 is 12.2 Å². The van der Waals surface area contributed by atoms with Gasteiger partial charge >= 0.3 is 11.4 Å². The molecule has 0 amide bonds. The minimum absolute atomic E-state index is 0.0908. The molecule has 4 atom stereocenters. The minimum Gasteiger partial charge on any atom is -0.483 e. The van der Waals surface area contributed by atoms with Crippen molar-refractivity contribution in [3.05, 3.63) is 21.0 Å². The van der Waals surface area contributed by atoms with Crippen LogP contribution in [0.4, 0.5) is 0 Å². The van der Waals surface area contributed by atoms with Crippen LogP contribution in [0.5, 0.6) is 0 Å². The van der Waals surface area contributed by atoms with Gasteiger partial charge in [-0.1, -0.05) is 0 Å². The summed E-state index contributed by atoms with van der Waals surface area (Å²) in [7, 11) is 2.97. The Labute approximate surface area is 94.7 Å². The molecule has 0 aliphatic carbocycles. The molecule has 4 aliphatic rings. The smallest absolute Gasteiger partial charge is 0.349 e. The van der Waals surface area contributed by atoms with Crippen LogP contribution in [0, 0.1) is 0 Å². The van der Waals surface area contributed by atoms with Crippen molar-refractivity contribution in [2.24, 2.45) is 12.0 Å². The van der Waals surface area contributed by atoms with E-state index in [1.165, 1.54) is 23.5 Å². The quantitative estimate of drug-likeness (QED) is 0.501. The normalized spacial score (nSPS) is 36.2. The maximum Gasteiger partial charge on any atom is 0.349 e. The maximum absolute atomic E-state index is 12.0.